The van der Waals surface area contributed by atoms with Crippen LogP contribution in [-0.4, -0.2) is 67.0 Å². The summed E-state index contributed by atoms with van der Waals surface area (Å²) in [5.74, 6) is -0.157. The van der Waals surface area contributed by atoms with E-state index in [-0.39, 0.29) is 37.1 Å². The molecule has 0 aromatic heterocycles. The summed E-state index contributed by atoms with van der Waals surface area (Å²) in [5.41, 5.74) is 0.681. The third kappa shape index (κ3) is 5.78. The molecular weight excluding hydrogens is 330 g/mol. The predicted molar refractivity (Wildman–Crippen MR) is 94.2 cm³/mol. The van der Waals surface area contributed by atoms with Crippen molar-refractivity contribution >= 4 is 29.1 Å². The number of hydrogen-bond donors (Lipinski definition) is 1. The molecule has 0 spiro atoms. The Hall–Kier alpha value is -1.63. The van der Waals surface area contributed by atoms with Crippen molar-refractivity contribution in [3.05, 3.63) is 29.3 Å². The lowest BCUT2D eigenvalue weighted by Crippen LogP contribution is -2.51. The van der Waals surface area contributed by atoms with Crippen LogP contribution in [0.2, 0.25) is 5.02 Å². The molecule has 7 heteroatoms. The van der Waals surface area contributed by atoms with Gasteiger partial charge in [0.1, 0.15) is 0 Å². The smallest absolute Gasteiger partial charge is 0.238 e. The van der Waals surface area contributed by atoms with Crippen molar-refractivity contribution < 1.29 is 14.3 Å². The lowest BCUT2D eigenvalue weighted by molar-refractivity contribution is -0.144. The highest BCUT2D eigenvalue weighted by Gasteiger charge is 2.26. The number of morpholine rings is 1. The van der Waals surface area contributed by atoms with Crippen LogP contribution >= 0.6 is 11.6 Å². The summed E-state index contributed by atoms with van der Waals surface area (Å²) in [7, 11) is 1.76. The van der Waals surface area contributed by atoms with Gasteiger partial charge in [0.25, 0.3) is 0 Å². The van der Waals surface area contributed by atoms with E-state index in [2.05, 4.69) is 5.32 Å². The summed E-state index contributed by atoms with van der Waals surface area (Å²) in [5, 5.41) is 3.40. The number of halogens is 1. The molecule has 132 valence electrons. The Balaban J connectivity index is 1.79. The van der Waals surface area contributed by atoms with Crippen LogP contribution < -0.4 is 5.32 Å². The van der Waals surface area contributed by atoms with Crippen molar-refractivity contribution in [1.82, 2.24) is 9.80 Å². The van der Waals surface area contributed by atoms with Crippen molar-refractivity contribution in [3.63, 3.8) is 0 Å². The number of hydrogen-bond acceptors (Lipinski definition) is 4. The van der Waals surface area contributed by atoms with Gasteiger partial charge in [-0.25, -0.2) is 0 Å². The van der Waals surface area contributed by atoms with Crippen LogP contribution in [0.3, 0.4) is 0 Å². The first-order chi connectivity index (χ1) is 11.3. The predicted octanol–water partition coefficient (Wildman–Crippen LogP) is 1.85. The van der Waals surface area contributed by atoms with Gasteiger partial charge in [-0.3, -0.25) is 14.5 Å². The molecule has 2 amide bonds. The summed E-state index contributed by atoms with van der Waals surface area (Å²) in [6, 6.07) is 6.90. The summed E-state index contributed by atoms with van der Waals surface area (Å²) < 4.78 is 5.63. The summed E-state index contributed by atoms with van der Waals surface area (Å²) in [6.45, 7) is 5.44. The van der Waals surface area contributed by atoms with Crippen LogP contribution in [0.4, 0.5) is 5.69 Å². The van der Waals surface area contributed by atoms with E-state index in [4.69, 9.17) is 16.3 Å². The monoisotopic (exact) mass is 353 g/mol. The molecule has 1 aromatic rings. The average molecular weight is 354 g/mol. The van der Waals surface area contributed by atoms with Crippen molar-refractivity contribution in [1.29, 1.82) is 0 Å². The van der Waals surface area contributed by atoms with Gasteiger partial charge in [-0.2, -0.15) is 0 Å². The molecule has 0 unspecified atom stereocenters. The SMILES string of the molecule is C[C@@H]1CN(C(=O)CN(C)CC(=O)Nc2ccc(Cl)cc2)C[C@H](C)O1. The fourth-order valence-electron chi connectivity index (χ4n) is 2.75. The number of anilines is 1. The third-order valence-corrected chi connectivity index (χ3v) is 3.97. The molecule has 2 rings (SSSR count). The molecule has 0 aliphatic carbocycles. The van der Waals surface area contributed by atoms with Crippen molar-refractivity contribution in [2.75, 3.05) is 38.5 Å². The minimum atomic E-state index is -0.170. The van der Waals surface area contributed by atoms with Crippen LogP contribution in [0, 0.1) is 0 Å². The van der Waals surface area contributed by atoms with Gasteiger partial charge in [-0.15, -0.1) is 0 Å². The number of likely N-dealkylation sites (N-methyl/N-ethyl adjacent to an activating group) is 1. The maximum atomic E-state index is 12.4. The Kier molecular flexibility index (Phi) is 6.60. The maximum Gasteiger partial charge on any atom is 0.238 e. The molecule has 1 aromatic carbocycles. The summed E-state index contributed by atoms with van der Waals surface area (Å²) in [6.07, 6.45) is 0.0763. The van der Waals surface area contributed by atoms with E-state index in [9.17, 15) is 9.59 Å². The van der Waals surface area contributed by atoms with Gasteiger partial charge in [0, 0.05) is 23.8 Å². The quantitative estimate of drug-likeness (QED) is 0.877. The van der Waals surface area contributed by atoms with Crippen LogP contribution in [0.25, 0.3) is 0 Å². The molecule has 0 saturated carbocycles. The van der Waals surface area contributed by atoms with E-state index in [1.165, 1.54) is 0 Å². The minimum absolute atomic E-state index is 0.0128. The first-order valence-electron chi connectivity index (χ1n) is 8.00. The molecule has 1 fully saturated rings. The van der Waals surface area contributed by atoms with Gasteiger partial charge in [-0.1, -0.05) is 11.6 Å². The second-order valence-electron chi connectivity index (χ2n) is 6.28. The van der Waals surface area contributed by atoms with E-state index in [1.807, 2.05) is 13.8 Å². The second-order valence-corrected chi connectivity index (χ2v) is 6.72. The number of ether oxygens (including phenoxy) is 1. The third-order valence-electron chi connectivity index (χ3n) is 3.72. The van der Waals surface area contributed by atoms with Gasteiger partial charge in [0.05, 0.1) is 25.3 Å². The topological polar surface area (TPSA) is 61.9 Å². The van der Waals surface area contributed by atoms with Crippen molar-refractivity contribution in [3.8, 4) is 0 Å². The number of nitrogens with zero attached hydrogens (tertiary/aromatic N) is 2. The van der Waals surface area contributed by atoms with Crippen LogP contribution in [0.5, 0.6) is 0 Å². The molecular formula is C17H24ClN3O3. The zero-order chi connectivity index (χ0) is 17.7. The molecule has 2 atom stereocenters. The highest BCUT2D eigenvalue weighted by molar-refractivity contribution is 6.30. The molecule has 6 nitrogen and oxygen atoms in total. The molecule has 1 heterocycles. The van der Waals surface area contributed by atoms with Gasteiger partial charge in [0.2, 0.25) is 11.8 Å². The van der Waals surface area contributed by atoms with Crippen molar-refractivity contribution in [2.45, 2.75) is 26.1 Å². The lowest BCUT2D eigenvalue weighted by Gasteiger charge is -2.36. The Bertz CT molecular complexity index is 569. The summed E-state index contributed by atoms with van der Waals surface area (Å²) >= 11 is 5.81. The number of rotatable bonds is 5. The van der Waals surface area contributed by atoms with Crippen LogP contribution in [0.15, 0.2) is 24.3 Å². The number of carbonyl (C=O) groups excluding carboxylic acids is 2. The maximum absolute atomic E-state index is 12.4. The number of benzene rings is 1. The summed E-state index contributed by atoms with van der Waals surface area (Å²) in [4.78, 5) is 27.9. The van der Waals surface area contributed by atoms with E-state index in [0.717, 1.165) is 0 Å². The minimum Gasteiger partial charge on any atom is -0.372 e. The highest BCUT2D eigenvalue weighted by Crippen LogP contribution is 2.13. The van der Waals surface area contributed by atoms with E-state index >= 15 is 0 Å². The molecule has 1 N–H and O–H groups in total. The molecule has 0 bridgehead atoms. The Morgan fingerprint density at radius 1 is 1.21 bits per heavy atom. The standard InChI is InChI=1S/C17H24ClN3O3/c1-12-8-21(9-13(2)24-12)17(23)11-20(3)10-16(22)19-15-6-4-14(18)5-7-15/h4-7,12-13H,8-11H2,1-3H3,(H,19,22)/t12-,13+. The number of nitrogens with one attached hydrogen (secondary N) is 1. The fourth-order valence-corrected chi connectivity index (χ4v) is 2.87. The zero-order valence-electron chi connectivity index (χ0n) is 14.3. The van der Waals surface area contributed by atoms with Crippen LogP contribution in [-0.2, 0) is 14.3 Å². The van der Waals surface area contributed by atoms with Gasteiger partial charge in [-0.05, 0) is 45.2 Å². The van der Waals surface area contributed by atoms with Gasteiger partial charge < -0.3 is 15.0 Å². The molecule has 1 saturated heterocycles. The first kappa shape index (κ1) is 18.7. The molecule has 0 radical (unpaired) electrons. The molecule has 24 heavy (non-hydrogen) atoms. The Labute approximate surface area is 147 Å². The van der Waals surface area contributed by atoms with E-state index in [0.29, 0.717) is 23.8 Å². The first-order valence-corrected chi connectivity index (χ1v) is 8.38. The van der Waals surface area contributed by atoms with E-state index < -0.39 is 0 Å². The number of amides is 2. The van der Waals surface area contributed by atoms with Gasteiger partial charge >= 0.3 is 0 Å². The van der Waals surface area contributed by atoms with Crippen LogP contribution in [0.1, 0.15) is 13.8 Å². The number of carbonyl (C=O) groups is 2. The van der Waals surface area contributed by atoms with E-state index in [1.54, 1.807) is 41.1 Å². The Morgan fingerprint density at radius 2 is 1.79 bits per heavy atom. The second kappa shape index (κ2) is 8.46. The van der Waals surface area contributed by atoms with Crippen molar-refractivity contribution in [2.24, 2.45) is 0 Å². The Morgan fingerprint density at radius 3 is 2.38 bits per heavy atom. The lowest BCUT2D eigenvalue weighted by atomic mass is 10.2. The molecule has 1 aliphatic rings. The highest BCUT2D eigenvalue weighted by atomic mass is 35.5. The fraction of sp³-hybridized carbons (Fsp3) is 0.529. The zero-order valence-corrected chi connectivity index (χ0v) is 15.0. The molecule has 1 aliphatic heterocycles. The normalized spacial score (nSPS) is 21.0. The average Bonchev–Trinajstić information content (AvgIpc) is 2.48. The largest absolute Gasteiger partial charge is 0.372 e. The van der Waals surface area contributed by atoms with Gasteiger partial charge in [0.15, 0.2) is 0 Å².